The first kappa shape index (κ1) is 20.0. The minimum atomic E-state index is -4.38. The molecule has 1 amide bonds. The topological polar surface area (TPSA) is 46.9 Å². The Kier molecular flexibility index (Phi) is 5.22. The molecule has 0 saturated heterocycles. The number of halogens is 4. The fraction of sp³-hybridized carbons (Fsp3) is 0.0909. The van der Waals surface area contributed by atoms with Crippen molar-refractivity contribution in [2.75, 3.05) is 5.32 Å². The van der Waals surface area contributed by atoms with Crippen molar-refractivity contribution in [3.8, 4) is 0 Å². The molecule has 4 aromatic rings. The van der Waals surface area contributed by atoms with E-state index in [4.69, 9.17) is 11.6 Å². The van der Waals surface area contributed by atoms with Crippen LogP contribution in [0.1, 0.15) is 21.5 Å². The number of aromatic nitrogens is 2. The third kappa shape index (κ3) is 4.16. The van der Waals surface area contributed by atoms with Crippen LogP contribution in [0, 0.1) is 0 Å². The highest BCUT2D eigenvalue weighted by Crippen LogP contribution is 2.30. The second-order valence-electron chi connectivity index (χ2n) is 6.68. The predicted molar refractivity (Wildman–Crippen MR) is 110 cm³/mol. The molecule has 0 saturated carbocycles. The van der Waals surface area contributed by atoms with Gasteiger partial charge in [-0.25, -0.2) is 0 Å². The number of benzene rings is 3. The number of nitrogens with zero attached hydrogens (tertiary/aromatic N) is 2. The molecule has 0 unspecified atom stereocenters. The minimum absolute atomic E-state index is 0.256. The summed E-state index contributed by atoms with van der Waals surface area (Å²) in [5.41, 5.74) is 1.10. The summed E-state index contributed by atoms with van der Waals surface area (Å²) in [7, 11) is 0. The van der Waals surface area contributed by atoms with Crippen LogP contribution >= 0.6 is 11.6 Å². The summed E-state index contributed by atoms with van der Waals surface area (Å²) in [5.74, 6) is 0.00456. The Morgan fingerprint density at radius 3 is 2.43 bits per heavy atom. The largest absolute Gasteiger partial charge is 0.416 e. The van der Waals surface area contributed by atoms with Crippen LogP contribution in [0.3, 0.4) is 0 Å². The summed E-state index contributed by atoms with van der Waals surface area (Å²) < 4.78 is 40.0. The summed E-state index contributed by atoms with van der Waals surface area (Å²) >= 11 is 5.95. The Hall–Kier alpha value is -3.32. The van der Waals surface area contributed by atoms with E-state index in [-0.39, 0.29) is 12.5 Å². The highest BCUT2D eigenvalue weighted by molar-refractivity contribution is 6.31. The monoisotopic (exact) mass is 429 g/mol. The Balaban J connectivity index is 1.63. The lowest BCUT2D eigenvalue weighted by molar-refractivity contribution is -0.137. The quantitative estimate of drug-likeness (QED) is 0.432. The van der Waals surface area contributed by atoms with Gasteiger partial charge in [-0.2, -0.15) is 18.3 Å². The molecule has 1 N–H and O–H groups in total. The summed E-state index contributed by atoms with van der Waals surface area (Å²) in [6.07, 6.45) is -4.38. The molecule has 0 bridgehead atoms. The van der Waals surface area contributed by atoms with Crippen molar-refractivity contribution in [2.45, 2.75) is 12.7 Å². The maximum atomic E-state index is 12.8. The zero-order valence-corrected chi connectivity index (χ0v) is 16.2. The van der Waals surface area contributed by atoms with Crippen LogP contribution in [0.25, 0.3) is 10.9 Å². The molecule has 3 aromatic carbocycles. The van der Waals surface area contributed by atoms with E-state index >= 15 is 0 Å². The summed E-state index contributed by atoms with van der Waals surface area (Å²) in [4.78, 5) is 12.6. The second kappa shape index (κ2) is 7.84. The number of carbonyl (C=O) groups is 1. The lowest BCUT2D eigenvalue weighted by atomic mass is 10.1. The third-order valence-corrected chi connectivity index (χ3v) is 4.83. The van der Waals surface area contributed by atoms with E-state index in [9.17, 15) is 18.0 Å². The fourth-order valence-electron chi connectivity index (χ4n) is 3.12. The Morgan fingerprint density at radius 2 is 1.73 bits per heavy atom. The first-order valence-corrected chi connectivity index (χ1v) is 9.38. The van der Waals surface area contributed by atoms with E-state index < -0.39 is 11.7 Å². The van der Waals surface area contributed by atoms with Gasteiger partial charge in [0.15, 0.2) is 5.82 Å². The molecule has 4 rings (SSSR count). The van der Waals surface area contributed by atoms with Gasteiger partial charge in [0, 0.05) is 16.0 Å². The SMILES string of the molecule is O=C(Nc1nn(Cc2ccc(C(F)(F)F)cc2)c2ccccc12)c1cccc(Cl)c1. The Bertz CT molecular complexity index is 1220. The number of nitrogens with one attached hydrogen (secondary N) is 1. The van der Waals surface area contributed by atoms with Crippen LogP contribution in [-0.4, -0.2) is 15.7 Å². The van der Waals surface area contributed by atoms with Gasteiger partial charge in [0.05, 0.1) is 17.6 Å². The zero-order chi connectivity index (χ0) is 21.3. The maximum Gasteiger partial charge on any atom is 0.416 e. The number of amides is 1. The van der Waals surface area contributed by atoms with Crippen LogP contribution in [0.4, 0.5) is 19.0 Å². The molecule has 0 fully saturated rings. The lowest BCUT2D eigenvalue weighted by Gasteiger charge is -2.08. The van der Waals surface area contributed by atoms with Gasteiger partial charge < -0.3 is 5.32 Å². The van der Waals surface area contributed by atoms with E-state index in [0.29, 0.717) is 22.0 Å². The molecule has 8 heteroatoms. The van der Waals surface area contributed by atoms with Crippen molar-refractivity contribution < 1.29 is 18.0 Å². The molecule has 1 heterocycles. The minimum Gasteiger partial charge on any atom is -0.305 e. The molecule has 0 aliphatic rings. The molecular weight excluding hydrogens is 415 g/mol. The number of anilines is 1. The molecular formula is C22H15ClF3N3O. The van der Waals surface area contributed by atoms with Crippen molar-refractivity contribution in [3.05, 3.63) is 94.5 Å². The van der Waals surface area contributed by atoms with Gasteiger partial charge in [-0.05, 0) is 48.0 Å². The van der Waals surface area contributed by atoms with Crippen molar-refractivity contribution in [3.63, 3.8) is 0 Å². The number of alkyl halides is 3. The standard InChI is InChI=1S/C22H15ClF3N3O/c23-17-5-3-4-15(12-17)21(30)27-20-18-6-1-2-7-19(18)29(28-20)13-14-8-10-16(11-9-14)22(24,25)26/h1-12H,13H2,(H,27,28,30). The third-order valence-electron chi connectivity index (χ3n) is 4.59. The van der Waals surface area contributed by atoms with E-state index in [0.717, 1.165) is 23.0 Å². The van der Waals surface area contributed by atoms with Gasteiger partial charge in [-0.1, -0.05) is 41.9 Å². The first-order valence-electron chi connectivity index (χ1n) is 9.00. The van der Waals surface area contributed by atoms with Gasteiger partial charge in [-0.3, -0.25) is 9.48 Å². The predicted octanol–water partition coefficient (Wildman–Crippen LogP) is 6.01. The molecule has 0 spiro atoms. The highest BCUT2D eigenvalue weighted by atomic mass is 35.5. The number of fused-ring (bicyclic) bond motifs is 1. The summed E-state index contributed by atoms with van der Waals surface area (Å²) in [6, 6.07) is 18.8. The fourth-order valence-corrected chi connectivity index (χ4v) is 3.31. The molecule has 0 radical (unpaired) electrons. The van der Waals surface area contributed by atoms with Crippen LogP contribution in [0.5, 0.6) is 0 Å². The smallest absolute Gasteiger partial charge is 0.305 e. The molecule has 0 aliphatic heterocycles. The number of hydrogen-bond acceptors (Lipinski definition) is 2. The Morgan fingerprint density at radius 1 is 1.00 bits per heavy atom. The van der Waals surface area contributed by atoms with Gasteiger partial charge in [0.1, 0.15) is 0 Å². The average molecular weight is 430 g/mol. The van der Waals surface area contributed by atoms with Crippen LogP contribution in [0.15, 0.2) is 72.8 Å². The molecule has 4 nitrogen and oxygen atoms in total. The number of rotatable bonds is 4. The van der Waals surface area contributed by atoms with E-state index in [2.05, 4.69) is 10.4 Å². The maximum absolute atomic E-state index is 12.8. The normalized spacial score (nSPS) is 11.6. The lowest BCUT2D eigenvalue weighted by Crippen LogP contribution is -2.13. The summed E-state index contributed by atoms with van der Waals surface area (Å²) in [6.45, 7) is 0.256. The summed E-state index contributed by atoms with van der Waals surface area (Å²) in [5, 5.41) is 8.43. The highest BCUT2D eigenvalue weighted by Gasteiger charge is 2.30. The molecule has 0 aliphatic carbocycles. The molecule has 1 aromatic heterocycles. The van der Waals surface area contributed by atoms with E-state index in [1.807, 2.05) is 24.3 Å². The molecule has 30 heavy (non-hydrogen) atoms. The van der Waals surface area contributed by atoms with Gasteiger partial charge >= 0.3 is 6.18 Å². The zero-order valence-electron chi connectivity index (χ0n) is 15.4. The van der Waals surface area contributed by atoms with E-state index in [1.165, 1.54) is 12.1 Å². The van der Waals surface area contributed by atoms with Gasteiger partial charge in [0.25, 0.3) is 5.91 Å². The number of hydrogen-bond donors (Lipinski definition) is 1. The molecule has 152 valence electrons. The first-order chi connectivity index (χ1) is 14.3. The second-order valence-corrected chi connectivity index (χ2v) is 7.12. The van der Waals surface area contributed by atoms with E-state index in [1.54, 1.807) is 28.9 Å². The van der Waals surface area contributed by atoms with Gasteiger partial charge in [0.2, 0.25) is 0 Å². The average Bonchev–Trinajstić information content (AvgIpc) is 3.05. The van der Waals surface area contributed by atoms with Crippen molar-refractivity contribution >= 4 is 34.2 Å². The Labute approximate surface area is 174 Å². The molecule has 0 atom stereocenters. The van der Waals surface area contributed by atoms with Gasteiger partial charge in [-0.15, -0.1) is 0 Å². The van der Waals surface area contributed by atoms with Crippen LogP contribution in [0.2, 0.25) is 5.02 Å². The number of carbonyl (C=O) groups excluding carboxylic acids is 1. The van der Waals surface area contributed by atoms with Crippen molar-refractivity contribution in [1.82, 2.24) is 9.78 Å². The van der Waals surface area contributed by atoms with Crippen molar-refractivity contribution in [2.24, 2.45) is 0 Å². The van der Waals surface area contributed by atoms with Crippen LogP contribution < -0.4 is 5.32 Å². The van der Waals surface area contributed by atoms with Crippen molar-refractivity contribution in [1.29, 1.82) is 0 Å². The van der Waals surface area contributed by atoms with Crippen LogP contribution in [-0.2, 0) is 12.7 Å². The number of para-hydroxylation sites is 1.